The van der Waals surface area contributed by atoms with Crippen molar-refractivity contribution >= 4 is 11.8 Å². The van der Waals surface area contributed by atoms with Crippen LogP contribution in [0.5, 0.6) is 0 Å². The maximum absolute atomic E-state index is 13.8. The summed E-state index contributed by atoms with van der Waals surface area (Å²) in [7, 11) is 0. The van der Waals surface area contributed by atoms with Gasteiger partial charge in [-0.15, -0.1) is 11.8 Å². The minimum atomic E-state index is -0.291. The molecule has 2 N–H and O–H groups in total. The molecule has 0 fully saturated rings. The number of aryl methyl sites for hydroxylation is 1. The van der Waals surface area contributed by atoms with Crippen LogP contribution in [-0.4, -0.2) is 0 Å². The van der Waals surface area contributed by atoms with Crippen molar-refractivity contribution in [1.82, 2.24) is 0 Å². The van der Waals surface area contributed by atoms with E-state index in [-0.39, 0.29) is 11.9 Å². The first kappa shape index (κ1) is 14.1. The predicted molar refractivity (Wildman–Crippen MR) is 79.7 cm³/mol. The molecule has 2 rings (SSSR count). The van der Waals surface area contributed by atoms with Gasteiger partial charge in [0, 0.05) is 22.3 Å². The largest absolute Gasteiger partial charge is 0.324 e. The molecule has 0 spiro atoms. The van der Waals surface area contributed by atoms with Crippen molar-refractivity contribution in [3.8, 4) is 0 Å². The minimum absolute atomic E-state index is 0.218. The Kier molecular flexibility index (Phi) is 4.61. The summed E-state index contributed by atoms with van der Waals surface area (Å²) in [5.74, 6) is 0.606. The summed E-state index contributed by atoms with van der Waals surface area (Å²) in [5, 5.41) is 0. The van der Waals surface area contributed by atoms with Gasteiger partial charge in [0.05, 0.1) is 0 Å². The quantitative estimate of drug-likeness (QED) is 0.834. The van der Waals surface area contributed by atoms with Crippen molar-refractivity contribution < 1.29 is 4.39 Å². The number of hydrogen-bond acceptors (Lipinski definition) is 2. The Morgan fingerprint density at radius 2 is 1.95 bits per heavy atom. The molecule has 0 heterocycles. The molecule has 1 nitrogen and oxygen atoms in total. The Morgan fingerprint density at radius 3 is 2.63 bits per heavy atom. The van der Waals surface area contributed by atoms with Gasteiger partial charge in [0.1, 0.15) is 5.82 Å². The van der Waals surface area contributed by atoms with Crippen LogP contribution in [-0.2, 0) is 5.75 Å². The molecule has 0 bridgehead atoms. The second kappa shape index (κ2) is 6.22. The summed E-state index contributed by atoms with van der Waals surface area (Å²) in [6.07, 6.45) is 0. The molecule has 19 heavy (non-hydrogen) atoms. The fourth-order valence-electron chi connectivity index (χ4n) is 2.05. The lowest BCUT2D eigenvalue weighted by molar-refractivity contribution is 0.585. The zero-order valence-electron chi connectivity index (χ0n) is 11.2. The highest BCUT2D eigenvalue weighted by atomic mass is 32.2. The molecular weight excluding hydrogens is 257 g/mol. The second-order valence-corrected chi connectivity index (χ2v) is 5.74. The standard InChI is InChI=1S/C16H18FNS/c1-11-5-3-6-13(9-11)10-19-15-8-4-7-14(17)16(15)12(2)18/h3-9,12H,10,18H2,1-2H3/t12-/m0/s1. The molecular formula is C16H18FNS. The van der Waals surface area contributed by atoms with Gasteiger partial charge in [-0.05, 0) is 31.5 Å². The average Bonchev–Trinajstić information content (AvgIpc) is 2.36. The predicted octanol–water partition coefficient (Wildman–Crippen LogP) is 4.45. The molecule has 0 radical (unpaired) electrons. The fraction of sp³-hybridized carbons (Fsp3) is 0.250. The highest BCUT2D eigenvalue weighted by Crippen LogP contribution is 2.31. The Labute approximate surface area is 118 Å². The number of halogens is 1. The van der Waals surface area contributed by atoms with Gasteiger partial charge in [0.15, 0.2) is 0 Å². The third kappa shape index (κ3) is 3.58. The van der Waals surface area contributed by atoms with E-state index >= 15 is 0 Å². The van der Waals surface area contributed by atoms with Gasteiger partial charge in [-0.3, -0.25) is 0 Å². The third-order valence-corrected chi connectivity index (χ3v) is 4.09. The zero-order chi connectivity index (χ0) is 13.8. The zero-order valence-corrected chi connectivity index (χ0v) is 12.0. The van der Waals surface area contributed by atoms with Crippen molar-refractivity contribution in [3.05, 3.63) is 65.0 Å². The Morgan fingerprint density at radius 1 is 1.21 bits per heavy atom. The summed E-state index contributed by atoms with van der Waals surface area (Å²) in [5.41, 5.74) is 8.95. The molecule has 0 aliphatic rings. The number of nitrogens with two attached hydrogens (primary N) is 1. The maximum Gasteiger partial charge on any atom is 0.129 e. The van der Waals surface area contributed by atoms with Crippen LogP contribution in [0.4, 0.5) is 4.39 Å². The van der Waals surface area contributed by atoms with Gasteiger partial charge in [0.25, 0.3) is 0 Å². The number of benzene rings is 2. The van der Waals surface area contributed by atoms with Crippen LogP contribution in [0, 0.1) is 12.7 Å². The molecule has 0 unspecified atom stereocenters. The van der Waals surface area contributed by atoms with Gasteiger partial charge in [0.2, 0.25) is 0 Å². The van der Waals surface area contributed by atoms with Gasteiger partial charge in [-0.25, -0.2) is 4.39 Å². The first-order valence-corrected chi connectivity index (χ1v) is 7.29. The molecule has 0 aromatic heterocycles. The van der Waals surface area contributed by atoms with E-state index in [1.807, 2.05) is 19.1 Å². The van der Waals surface area contributed by atoms with Gasteiger partial charge < -0.3 is 5.73 Å². The van der Waals surface area contributed by atoms with E-state index in [9.17, 15) is 4.39 Å². The van der Waals surface area contributed by atoms with E-state index in [0.29, 0.717) is 5.56 Å². The van der Waals surface area contributed by atoms with Crippen molar-refractivity contribution in [2.75, 3.05) is 0 Å². The van der Waals surface area contributed by atoms with E-state index in [1.165, 1.54) is 17.2 Å². The minimum Gasteiger partial charge on any atom is -0.324 e. The topological polar surface area (TPSA) is 26.0 Å². The van der Waals surface area contributed by atoms with Gasteiger partial charge in [-0.2, -0.15) is 0 Å². The Balaban J connectivity index is 2.18. The summed E-state index contributed by atoms with van der Waals surface area (Å²) in [4.78, 5) is 0.927. The van der Waals surface area contributed by atoms with E-state index in [2.05, 4.69) is 25.1 Å². The van der Waals surface area contributed by atoms with Crippen LogP contribution >= 0.6 is 11.8 Å². The fourth-order valence-corrected chi connectivity index (χ4v) is 3.16. The first-order chi connectivity index (χ1) is 9.08. The molecule has 2 aromatic rings. The molecule has 3 heteroatoms. The summed E-state index contributed by atoms with van der Waals surface area (Å²) in [6.45, 7) is 3.89. The molecule has 0 aliphatic carbocycles. The molecule has 1 atom stereocenters. The Bertz CT molecular complexity index is 566. The molecule has 0 aliphatic heterocycles. The van der Waals surface area contributed by atoms with Crippen LogP contribution in [0.3, 0.4) is 0 Å². The monoisotopic (exact) mass is 275 g/mol. The molecule has 0 saturated carbocycles. The molecule has 100 valence electrons. The summed E-state index contributed by atoms with van der Waals surface area (Å²) in [6, 6.07) is 13.2. The highest BCUT2D eigenvalue weighted by Gasteiger charge is 2.12. The van der Waals surface area contributed by atoms with E-state index < -0.39 is 0 Å². The van der Waals surface area contributed by atoms with E-state index in [1.54, 1.807) is 17.8 Å². The van der Waals surface area contributed by atoms with E-state index in [4.69, 9.17) is 5.73 Å². The third-order valence-electron chi connectivity index (χ3n) is 2.95. The average molecular weight is 275 g/mol. The molecule has 0 amide bonds. The van der Waals surface area contributed by atoms with Crippen LogP contribution in [0.15, 0.2) is 47.4 Å². The molecule has 2 aromatic carbocycles. The lowest BCUT2D eigenvalue weighted by atomic mass is 10.1. The SMILES string of the molecule is Cc1cccc(CSc2cccc(F)c2[C@H](C)N)c1. The van der Waals surface area contributed by atoms with Crippen molar-refractivity contribution in [2.45, 2.75) is 30.5 Å². The Hall–Kier alpha value is -1.32. The normalized spacial score (nSPS) is 12.4. The number of rotatable bonds is 4. The summed E-state index contributed by atoms with van der Waals surface area (Å²) >= 11 is 1.63. The second-order valence-electron chi connectivity index (χ2n) is 4.72. The van der Waals surface area contributed by atoms with Crippen LogP contribution in [0.25, 0.3) is 0 Å². The van der Waals surface area contributed by atoms with Crippen molar-refractivity contribution in [3.63, 3.8) is 0 Å². The molecule has 0 saturated heterocycles. The van der Waals surface area contributed by atoms with Crippen LogP contribution in [0.1, 0.15) is 29.7 Å². The summed E-state index contributed by atoms with van der Waals surface area (Å²) < 4.78 is 13.8. The smallest absolute Gasteiger partial charge is 0.129 e. The van der Waals surface area contributed by atoms with Gasteiger partial charge >= 0.3 is 0 Å². The van der Waals surface area contributed by atoms with E-state index in [0.717, 1.165) is 10.6 Å². The van der Waals surface area contributed by atoms with Crippen molar-refractivity contribution in [2.24, 2.45) is 5.73 Å². The van der Waals surface area contributed by atoms with Gasteiger partial charge in [-0.1, -0.05) is 35.9 Å². The lowest BCUT2D eigenvalue weighted by Crippen LogP contribution is -2.09. The highest BCUT2D eigenvalue weighted by molar-refractivity contribution is 7.98. The first-order valence-electron chi connectivity index (χ1n) is 6.30. The maximum atomic E-state index is 13.8. The number of hydrogen-bond donors (Lipinski definition) is 1. The van der Waals surface area contributed by atoms with Crippen LogP contribution < -0.4 is 5.73 Å². The number of thioether (sulfide) groups is 1. The van der Waals surface area contributed by atoms with Crippen molar-refractivity contribution in [1.29, 1.82) is 0 Å². The van der Waals surface area contributed by atoms with Crippen LogP contribution in [0.2, 0.25) is 0 Å². The lowest BCUT2D eigenvalue weighted by Gasteiger charge is -2.13.